The number of hydrogen-bond acceptors (Lipinski definition) is 6. The molecule has 0 radical (unpaired) electrons. The molecule has 0 saturated carbocycles. The number of fused-ring (bicyclic) bond motifs is 1. The summed E-state index contributed by atoms with van der Waals surface area (Å²) >= 11 is 0. The predicted octanol–water partition coefficient (Wildman–Crippen LogP) is 2.61. The molecule has 166 valence electrons. The average molecular weight is 424 g/mol. The fraction of sp³-hybridized carbons (Fsp3) is 0.565. The molecular weight excluding hydrogens is 390 g/mol. The van der Waals surface area contributed by atoms with Crippen LogP contribution in [0.3, 0.4) is 0 Å². The maximum Gasteiger partial charge on any atom is 0.253 e. The number of aromatic amines is 1. The maximum absolute atomic E-state index is 13.3. The monoisotopic (exact) mass is 423 g/mol. The second-order valence-corrected chi connectivity index (χ2v) is 9.43. The molecule has 1 N–H and O–H groups in total. The Morgan fingerprint density at radius 2 is 1.77 bits per heavy atom. The predicted molar refractivity (Wildman–Crippen MR) is 122 cm³/mol. The van der Waals surface area contributed by atoms with Gasteiger partial charge in [0, 0.05) is 37.3 Å². The maximum atomic E-state index is 13.3. The SMILES string of the molecule is CCC(C)(C)n1nnnc1[C@H](c1cc2cc(C)c(C)cc2[nH]c1=O)N1CCN(C)CC1. The van der Waals surface area contributed by atoms with Gasteiger partial charge >= 0.3 is 0 Å². The highest BCUT2D eigenvalue weighted by Gasteiger charge is 2.35. The van der Waals surface area contributed by atoms with Crippen molar-refractivity contribution >= 4 is 10.9 Å². The van der Waals surface area contributed by atoms with Gasteiger partial charge in [0.2, 0.25) is 0 Å². The fourth-order valence-corrected chi connectivity index (χ4v) is 4.22. The molecule has 1 aromatic carbocycles. The normalized spacial score (nSPS) is 17.4. The summed E-state index contributed by atoms with van der Waals surface area (Å²) < 4.78 is 1.90. The number of aryl methyl sites for hydroxylation is 2. The number of benzene rings is 1. The molecule has 4 rings (SSSR count). The summed E-state index contributed by atoms with van der Waals surface area (Å²) in [7, 11) is 2.13. The lowest BCUT2D eigenvalue weighted by molar-refractivity contribution is 0.117. The highest BCUT2D eigenvalue weighted by Crippen LogP contribution is 2.31. The molecule has 1 atom stereocenters. The van der Waals surface area contributed by atoms with Crippen LogP contribution in [-0.4, -0.2) is 68.2 Å². The van der Waals surface area contributed by atoms with Crippen molar-refractivity contribution in [1.29, 1.82) is 0 Å². The zero-order chi connectivity index (χ0) is 22.3. The van der Waals surface area contributed by atoms with Gasteiger partial charge < -0.3 is 9.88 Å². The standard InChI is InChI=1S/C23H33N7O/c1-7-23(4,5)30-21(25-26-27-30)20(29-10-8-28(6)9-11-29)18-14-17-12-15(2)16(3)13-19(17)24-22(18)31/h12-14,20H,7-11H2,1-6H3,(H,24,31)/t20-/m0/s1. The number of likely N-dealkylation sites (N-methyl/N-ethyl adjacent to an activating group) is 1. The summed E-state index contributed by atoms with van der Waals surface area (Å²) in [5.41, 5.74) is 3.61. The Bertz CT molecular complexity index is 1140. The molecule has 1 aliphatic rings. The van der Waals surface area contributed by atoms with E-state index in [9.17, 15) is 4.79 Å². The van der Waals surface area contributed by atoms with Crippen LogP contribution in [0.5, 0.6) is 0 Å². The Morgan fingerprint density at radius 1 is 1.10 bits per heavy atom. The highest BCUT2D eigenvalue weighted by molar-refractivity contribution is 5.81. The van der Waals surface area contributed by atoms with E-state index in [1.165, 1.54) is 11.1 Å². The minimum Gasteiger partial charge on any atom is -0.322 e. The van der Waals surface area contributed by atoms with Crippen molar-refractivity contribution in [3.05, 3.63) is 51.1 Å². The second kappa shape index (κ2) is 8.16. The first-order chi connectivity index (χ1) is 14.7. The molecule has 0 aliphatic carbocycles. The number of nitrogens with one attached hydrogen (secondary N) is 1. The molecule has 0 unspecified atom stereocenters. The van der Waals surface area contributed by atoms with E-state index in [-0.39, 0.29) is 17.1 Å². The van der Waals surface area contributed by atoms with Crippen molar-refractivity contribution in [1.82, 2.24) is 35.0 Å². The van der Waals surface area contributed by atoms with Crippen LogP contribution in [0, 0.1) is 13.8 Å². The van der Waals surface area contributed by atoms with Gasteiger partial charge in [0.15, 0.2) is 5.82 Å². The number of piperazine rings is 1. The Kier molecular flexibility index (Phi) is 5.70. The van der Waals surface area contributed by atoms with E-state index in [1.54, 1.807) is 0 Å². The zero-order valence-corrected chi connectivity index (χ0v) is 19.4. The molecule has 3 heterocycles. The molecule has 0 spiro atoms. The highest BCUT2D eigenvalue weighted by atomic mass is 16.1. The van der Waals surface area contributed by atoms with Gasteiger partial charge in [0.25, 0.3) is 5.56 Å². The second-order valence-electron chi connectivity index (χ2n) is 9.43. The number of tetrazole rings is 1. The van der Waals surface area contributed by atoms with Gasteiger partial charge in [-0.3, -0.25) is 9.69 Å². The molecule has 8 nitrogen and oxygen atoms in total. The van der Waals surface area contributed by atoms with Gasteiger partial charge in [-0.1, -0.05) is 6.92 Å². The minimum atomic E-state index is -0.302. The molecule has 31 heavy (non-hydrogen) atoms. The van der Waals surface area contributed by atoms with Gasteiger partial charge in [-0.05, 0) is 86.3 Å². The third-order valence-corrected chi connectivity index (χ3v) is 6.86. The van der Waals surface area contributed by atoms with Gasteiger partial charge in [-0.2, -0.15) is 0 Å². The first kappa shape index (κ1) is 21.6. The number of hydrogen-bond donors (Lipinski definition) is 1. The fourth-order valence-electron chi connectivity index (χ4n) is 4.22. The molecule has 0 amide bonds. The summed E-state index contributed by atoms with van der Waals surface area (Å²) in [6, 6.07) is 5.92. The van der Waals surface area contributed by atoms with Crippen LogP contribution in [0.25, 0.3) is 10.9 Å². The Labute approximate surface area is 183 Å². The van der Waals surface area contributed by atoms with Crippen molar-refractivity contribution < 1.29 is 0 Å². The van der Waals surface area contributed by atoms with Crippen LogP contribution in [0.15, 0.2) is 23.0 Å². The topological polar surface area (TPSA) is 82.9 Å². The summed E-state index contributed by atoms with van der Waals surface area (Å²) in [5.74, 6) is 0.727. The van der Waals surface area contributed by atoms with Crippen molar-refractivity contribution in [2.75, 3.05) is 33.2 Å². The first-order valence-corrected chi connectivity index (χ1v) is 11.1. The summed E-state index contributed by atoms with van der Waals surface area (Å²) in [6.07, 6.45) is 0.882. The Hall–Kier alpha value is -2.58. The third kappa shape index (κ3) is 4.02. The van der Waals surface area contributed by atoms with Gasteiger partial charge in [0.1, 0.15) is 6.04 Å². The lowest BCUT2D eigenvalue weighted by Gasteiger charge is -2.38. The minimum absolute atomic E-state index is 0.0801. The third-order valence-electron chi connectivity index (χ3n) is 6.86. The number of pyridine rings is 1. The zero-order valence-electron chi connectivity index (χ0n) is 19.4. The molecule has 2 aromatic heterocycles. The van der Waals surface area contributed by atoms with E-state index in [2.05, 4.69) is 78.0 Å². The van der Waals surface area contributed by atoms with Crippen LogP contribution in [-0.2, 0) is 5.54 Å². The number of nitrogens with zero attached hydrogens (tertiary/aromatic N) is 6. The van der Waals surface area contributed by atoms with Crippen LogP contribution in [0.1, 0.15) is 55.7 Å². The van der Waals surface area contributed by atoms with Gasteiger partial charge in [0.05, 0.1) is 5.54 Å². The Morgan fingerprint density at radius 3 is 2.45 bits per heavy atom. The summed E-state index contributed by atoms with van der Waals surface area (Å²) in [4.78, 5) is 21.1. The molecule has 1 fully saturated rings. The quantitative estimate of drug-likeness (QED) is 0.679. The van der Waals surface area contributed by atoms with E-state index in [1.807, 2.05) is 16.8 Å². The van der Waals surface area contributed by atoms with Crippen molar-refractivity contribution in [2.24, 2.45) is 0 Å². The van der Waals surface area contributed by atoms with E-state index >= 15 is 0 Å². The van der Waals surface area contributed by atoms with E-state index < -0.39 is 0 Å². The van der Waals surface area contributed by atoms with Crippen LogP contribution in [0.2, 0.25) is 0 Å². The largest absolute Gasteiger partial charge is 0.322 e. The van der Waals surface area contributed by atoms with E-state index in [4.69, 9.17) is 0 Å². The van der Waals surface area contributed by atoms with E-state index in [0.717, 1.165) is 49.3 Å². The molecule has 1 aliphatic heterocycles. The molecule has 8 heteroatoms. The van der Waals surface area contributed by atoms with E-state index in [0.29, 0.717) is 5.56 Å². The van der Waals surface area contributed by atoms with Crippen LogP contribution in [0.4, 0.5) is 0 Å². The van der Waals surface area contributed by atoms with Gasteiger partial charge in [-0.15, -0.1) is 5.10 Å². The van der Waals surface area contributed by atoms with Crippen LogP contribution >= 0.6 is 0 Å². The first-order valence-electron chi connectivity index (χ1n) is 11.1. The van der Waals surface area contributed by atoms with Crippen molar-refractivity contribution in [3.63, 3.8) is 0 Å². The molecule has 3 aromatic rings. The number of aromatic nitrogens is 5. The lowest BCUT2D eigenvalue weighted by atomic mass is 9.98. The Balaban J connectivity index is 1.90. The molecule has 1 saturated heterocycles. The smallest absolute Gasteiger partial charge is 0.253 e. The molecular formula is C23H33N7O. The van der Waals surface area contributed by atoms with Gasteiger partial charge in [-0.25, -0.2) is 4.68 Å². The number of rotatable bonds is 5. The van der Waals surface area contributed by atoms with Crippen LogP contribution < -0.4 is 5.56 Å². The molecule has 0 bridgehead atoms. The lowest BCUT2D eigenvalue weighted by Crippen LogP contribution is -2.48. The summed E-state index contributed by atoms with van der Waals surface area (Å²) in [6.45, 7) is 14.1. The van der Waals surface area contributed by atoms with Crippen molar-refractivity contribution in [3.8, 4) is 0 Å². The number of H-pyrrole nitrogens is 1. The summed E-state index contributed by atoms with van der Waals surface area (Å²) in [5, 5.41) is 13.8. The van der Waals surface area contributed by atoms with Crippen molar-refractivity contribution in [2.45, 2.75) is 52.6 Å². The average Bonchev–Trinajstić information content (AvgIpc) is 3.22.